The summed E-state index contributed by atoms with van der Waals surface area (Å²) < 4.78 is 0. The number of nitrogens with two attached hydrogens (primary N) is 1. The molecule has 0 aliphatic carbocycles. The highest BCUT2D eigenvalue weighted by molar-refractivity contribution is 7.99. The highest BCUT2D eigenvalue weighted by atomic mass is 32.2. The molecule has 0 bridgehead atoms. The zero-order valence-corrected chi connectivity index (χ0v) is 9.90. The van der Waals surface area contributed by atoms with Gasteiger partial charge >= 0.3 is 0 Å². The lowest BCUT2D eigenvalue weighted by Gasteiger charge is -2.02. The monoisotopic (exact) mass is 224 g/mol. The number of thioether (sulfide) groups is 1. The third-order valence-electron chi connectivity index (χ3n) is 1.78. The summed E-state index contributed by atoms with van der Waals surface area (Å²) in [6, 6.07) is 1.96. The fourth-order valence-corrected chi connectivity index (χ4v) is 2.07. The predicted octanol–water partition coefficient (Wildman–Crippen LogP) is 1.90. The second kappa shape index (κ2) is 5.70. The first kappa shape index (κ1) is 12.0. The maximum atomic E-state index is 7.08. The van der Waals surface area contributed by atoms with Gasteiger partial charge in [0.15, 0.2) is 5.16 Å². The van der Waals surface area contributed by atoms with Crippen LogP contribution in [0.4, 0.5) is 0 Å². The highest BCUT2D eigenvalue weighted by Crippen LogP contribution is 2.15. The van der Waals surface area contributed by atoms with Gasteiger partial charge in [0, 0.05) is 23.6 Å². The molecule has 0 saturated carbocycles. The molecule has 0 amide bonds. The molecule has 82 valence electrons. The van der Waals surface area contributed by atoms with Crippen molar-refractivity contribution in [2.75, 3.05) is 5.75 Å². The van der Waals surface area contributed by atoms with Gasteiger partial charge in [0.2, 0.25) is 0 Å². The van der Waals surface area contributed by atoms with E-state index in [9.17, 15) is 0 Å². The van der Waals surface area contributed by atoms with Crippen LogP contribution in [0.2, 0.25) is 0 Å². The van der Waals surface area contributed by atoms with Gasteiger partial charge in [-0.3, -0.25) is 5.41 Å². The second-order valence-electron chi connectivity index (χ2n) is 3.41. The molecule has 0 aliphatic heterocycles. The van der Waals surface area contributed by atoms with Crippen LogP contribution in [0.5, 0.6) is 0 Å². The molecule has 1 aromatic heterocycles. The van der Waals surface area contributed by atoms with E-state index in [1.807, 2.05) is 19.9 Å². The molecule has 1 aromatic rings. The molecular formula is C10H16N4S. The van der Waals surface area contributed by atoms with Crippen LogP contribution in [-0.4, -0.2) is 21.6 Å². The van der Waals surface area contributed by atoms with Crippen LogP contribution in [0.3, 0.4) is 0 Å². The average molecular weight is 224 g/mol. The van der Waals surface area contributed by atoms with Crippen LogP contribution in [-0.2, 0) is 0 Å². The normalized spacial score (nSPS) is 10.3. The lowest BCUT2D eigenvalue weighted by Crippen LogP contribution is -2.09. The summed E-state index contributed by atoms with van der Waals surface area (Å²) in [6.45, 7) is 3.93. The Labute approximate surface area is 94.2 Å². The summed E-state index contributed by atoms with van der Waals surface area (Å²) in [5.41, 5.74) is 7.26. The third-order valence-corrected chi connectivity index (χ3v) is 2.72. The van der Waals surface area contributed by atoms with Crippen molar-refractivity contribution in [3.63, 3.8) is 0 Å². The van der Waals surface area contributed by atoms with Crippen LogP contribution in [0, 0.1) is 19.3 Å². The van der Waals surface area contributed by atoms with Gasteiger partial charge in [-0.25, -0.2) is 9.97 Å². The molecule has 0 spiro atoms. The molecule has 0 radical (unpaired) electrons. The Morgan fingerprint density at radius 2 is 2.00 bits per heavy atom. The van der Waals surface area contributed by atoms with Crippen molar-refractivity contribution in [1.29, 1.82) is 5.41 Å². The Balaban J connectivity index is 2.40. The number of aromatic nitrogens is 2. The SMILES string of the molecule is Cc1cc(C)nc(SCCCC(=N)N)n1. The Bertz CT molecular complexity index is 331. The summed E-state index contributed by atoms with van der Waals surface area (Å²) >= 11 is 1.62. The molecule has 0 aromatic carbocycles. The van der Waals surface area contributed by atoms with E-state index in [2.05, 4.69) is 9.97 Å². The summed E-state index contributed by atoms with van der Waals surface area (Å²) in [7, 11) is 0. The fraction of sp³-hybridized carbons (Fsp3) is 0.500. The smallest absolute Gasteiger partial charge is 0.187 e. The largest absolute Gasteiger partial charge is 0.388 e. The van der Waals surface area contributed by atoms with E-state index in [0.29, 0.717) is 6.42 Å². The van der Waals surface area contributed by atoms with E-state index < -0.39 is 0 Å². The van der Waals surface area contributed by atoms with Crippen LogP contribution in [0.1, 0.15) is 24.2 Å². The molecule has 0 saturated heterocycles. The standard InChI is InChI=1S/C10H16N4S/c1-7-6-8(2)14-10(13-7)15-5-3-4-9(11)12/h6H,3-5H2,1-2H3,(H3,11,12). The number of hydrogen-bond donors (Lipinski definition) is 2. The molecule has 15 heavy (non-hydrogen) atoms. The Morgan fingerprint density at radius 1 is 1.40 bits per heavy atom. The molecule has 1 heterocycles. The van der Waals surface area contributed by atoms with Crippen LogP contribution in [0.25, 0.3) is 0 Å². The van der Waals surface area contributed by atoms with Gasteiger partial charge in [0.1, 0.15) is 0 Å². The minimum absolute atomic E-state index is 0.247. The fourth-order valence-electron chi connectivity index (χ4n) is 1.18. The maximum absolute atomic E-state index is 7.08. The second-order valence-corrected chi connectivity index (χ2v) is 4.47. The van der Waals surface area contributed by atoms with Crippen molar-refractivity contribution in [2.45, 2.75) is 31.8 Å². The van der Waals surface area contributed by atoms with Crippen LogP contribution in [0.15, 0.2) is 11.2 Å². The molecule has 4 nitrogen and oxygen atoms in total. The van der Waals surface area contributed by atoms with Gasteiger partial charge < -0.3 is 5.73 Å². The Kier molecular flexibility index (Phi) is 4.55. The van der Waals surface area contributed by atoms with Gasteiger partial charge in [0.05, 0.1) is 5.84 Å². The van der Waals surface area contributed by atoms with E-state index >= 15 is 0 Å². The van der Waals surface area contributed by atoms with E-state index in [1.165, 1.54) is 0 Å². The highest BCUT2D eigenvalue weighted by Gasteiger charge is 2.00. The molecule has 0 atom stereocenters. The molecule has 5 heteroatoms. The number of aryl methyl sites for hydroxylation is 2. The first-order chi connectivity index (χ1) is 7.08. The quantitative estimate of drug-likeness (QED) is 0.263. The van der Waals surface area contributed by atoms with Crippen molar-refractivity contribution in [1.82, 2.24) is 9.97 Å². The lowest BCUT2D eigenvalue weighted by molar-refractivity contribution is 0.896. The van der Waals surface area contributed by atoms with Gasteiger partial charge in [0.25, 0.3) is 0 Å². The van der Waals surface area contributed by atoms with Crippen molar-refractivity contribution in [3.05, 3.63) is 17.5 Å². The van der Waals surface area contributed by atoms with Crippen LogP contribution >= 0.6 is 11.8 Å². The minimum Gasteiger partial charge on any atom is -0.388 e. The number of amidine groups is 1. The van der Waals surface area contributed by atoms with E-state index in [1.54, 1.807) is 11.8 Å². The first-order valence-corrected chi connectivity index (χ1v) is 5.84. The van der Waals surface area contributed by atoms with E-state index in [4.69, 9.17) is 11.1 Å². The number of nitrogens with one attached hydrogen (secondary N) is 1. The van der Waals surface area contributed by atoms with Crippen molar-refractivity contribution in [2.24, 2.45) is 5.73 Å². The van der Waals surface area contributed by atoms with Gasteiger partial charge in [-0.1, -0.05) is 11.8 Å². The van der Waals surface area contributed by atoms with Crippen molar-refractivity contribution < 1.29 is 0 Å². The molecule has 0 unspecified atom stereocenters. The summed E-state index contributed by atoms with van der Waals surface area (Å²) in [5, 5.41) is 7.90. The third kappa shape index (κ3) is 4.78. The molecule has 0 aliphatic rings. The topological polar surface area (TPSA) is 75.7 Å². The van der Waals surface area contributed by atoms with Gasteiger partial charge in [-0.2, -0.15) is 0 Å². The molecular weight excluding hydrogens is 208 g/mol. The predicted molar refractivity (Wildman–Crippen MR) is 63.4 cm³/mol. The zero-order chi connectivity index (χ0) is 11.3. The molecule has 0 fully saturated rings. The number of hydrogen-bond acceptors (Lipinski definition) is 4. The summed E-state index contributed by atoms with van der Waals surface area (Å²) in [6.07, 6.45) is 1.55. The number of nitrogens with zero attached hydrogens (tertiary/aromatic N) is 2. The van der Waals surface area contributed by atoms with E-state index in [0.717, 1.165) is 28.7 Å². The van der Waals surface area contributed by atoms with Crippen LogP contribution < -0.4 is 5.73 Å². The summed E-state index contributed by atoms with van der Waals surface area (Å²) in [5.74, 6) is 1.15. The lowest BCUT2D eigenvalue weighted by atomic mass is 10.3. The Morgan fingerprint density at radius 3 is 2.53 bits per heavy atom. The van der Waals surface area contributed by atoms with E-state index in [-0.39, 0.29) is 5.84 Å². The van der Waals surface area contributed by atoms with Crippen molar-refractivity contribution >= 4 is 17.6 Å². The van der Waals surface area contributed by atoms with Gasteiger partial charge in [-0.05, 0) is 26.3 Å². The average Bonchev–Trinajstić information content (AvgIpc) is 2.10. The zero-order valence-electron chi connectivity index (χ0n) is 9.08. The van der Waals surface area contributed by atoms with Gasteiger partial charge in [-0.15, -0.1) is 0 Å². The maximum Gasteiger partial charge on any atom is 0.187 e. The molecule has 1 rings (SSSR count). The van der Waals surface area contributed by atoms with Crippen molar-refractivity contribution in [3.8, 4) is 0 Å². The summed E-state index contributed by atoms with van der Waals surface area (Å²) in [4.78, 5) is 8.64. The molecule has 3 N–H and O–H groups in total. The minimum atomic E-state index is 0.247. The Hall–Kier alpha value is -1.10. The first-order valence-electron chi connectivity index (χ1n) is 4.86. The number of rotatable bonds is 5.